The summed E-state index contributed by atoms with van der Waals surface area (Å²) in [4.78, 5) is 24.6. The lowest BCUT2D eigenvalue weighted by Gasteiger charge is -2.12. The Balaban J connectivity index is 3.03. The summed E-state index contributed by atoms with van der Waals surface area (Å²) < 4.78 is 11.3. The molecule has 23 heavy (non-hydrogen) atoms. The highest BCUT2D eigenvalue weighted by atomic mass is 79.9. The van der Waals surface area contributed by atoms with E-state index in [-0.39, 0.29) is 11.1 Å². The quantitative estimate of drug-likeness (QED) is 0.447. The monoisotopic (exact) mass is 384 g/mol. The van der Waals surface area contributed by atoms with Gasteiger partial charge in [0, 0.05) is 4.47 Å². The summed E-state index contributed by atoms with van der Waals surface area (Å²) in [6.45, 7) is 6.76. The zero-order valence-corrected chi connectivity index (χ0v) is 15.7. The Kier molecular flexibility index (Phi) is 8.92. The van der Waals surface area contributed by atoms with Crippen LogP contribution in [-0.4, -0.2) is 25.2 Å². The molecule has 0 unspecified atom stereocenters. The van der Waals surface area contributed by atoms with Crippen molar-refractivity contribution in [1.82, 2.24) is 0 Å². The fourth-order valence-electron chi connectivity index (χ4n) is 2.00. The van der Waals surface area contributed by atoms with E-state index in [9.17, 15) is 9.59 Å². The number of carbonyl (C=O) groups excluding carboxylic acids is 2. The van der Waals surface area contributed by atoms with Gasteiger partial charge in [-0.05, 0) is 37.0 Å². The van der Waals surface area contributed by atoms with Gasteiger partial charge in [-0.1, -0.05) is 49.5 Å². The predicted octanol–water partition coefficient (Wildman–Crippen LogP) is 4.93. The molecule has 4 nitrogen and oxygen atoms in total. The van der Waals surface area contributed by atoms with Crippen molar-refractivity contribution in [2.24, 2.45) is 0 Å². The molecule has 0 heterocycles. The van der Waals surface area contributed by atoms with E-state index in [1.54, 1.807) is 12.1 Å². The van der Waals surface area contributed by atoms with Crippen LogP contribution >= 0.6 is 15.9 Å². The second kappa shape index (κ2) is 10.4. The lowest BCUT2D eigenvalue weighted by molar-refractivity contribution is 0.0452. The van der Waals surface area contributed by atoms with Gasteiger partial charge in [0.05, 0.1) is 24.3 Å². The van der Waals surface area contributed by atoms with Crippen LogP contribution in [0.3, 0.4) is 0 Å². The van der Waals surface area contributed by atoms with Crippen molar-refractivity contribution in [2.45, 2.75) is 52.9 Å². The topological polar surface area (TPSA) is 52.6 Å². The van der Waals surface area contributed by atoms with Gasteiger partial charge in [0.15, 0.2) is 0 Å². The first-order valence-electron chi connectivity index (χ1n) is 8.21. The Bertz CT molecular complexity index is 540. The smallest absolute Gasteiger partial charge is 0.339 e. The van der Waals surface area contributed by atoms with E-state index in [2.05, 4.69) is 15.9 Å². The summed E-state index contributed by atoms with van der Waals surface area (Å²) in [6.07, 6.45) is 4.24. The Morgan fingerprint density at radius 3 is 1.83 bits per heavy atom. The normalized spacial score (nSPS) is 10.4. The van der Waals surface area contributed by atoms with Gasteiger partial charge in [-0.2, -0.15) is 0 Å². The van der Waals surface area contributed by atoms with Gasteiger partial charge in [0.1, 0.15) is 0 Å². The standard InChI is InChI=1S/C18H25BrO4/c1-4-7-9-22-17(20)14-11-13(6-3)16(19)12-15(14)18(21)23-10-8-5-2/h11-12H,4-10H2,1-3H3. The molecule has 0 radical (unpaired) electrons. The predicted molar refractivity (Wildman–Crippen MR) is 93.9 cm³/mol. The lowest BCUT2D eigenvalue weighted by Crippen LogP contribution is -2.16. The minimum atomic E-state index is -0.482. The molecule has 0 aliphatic rings. The molecule has 0 spiro atoms. The van der Waals surface area contributed by atoms with Crippen LogP contribution in [0.25, 0.3) is 0 Å². The average molecular weight is 385 g/mol. The van der Waals surface area contributed by atoms with Crippen molar-refractivity contribution in [3.05, 3.63) is 33.3 Å². The number of halogens is 1. The number of carbonyl (C=O) groups is 2. The minimum absolute atomic E-state index is 0.256. The Hall–Kier alpha value is -1.36. The maximum Gasteiger partial charge on any atom is 0.339 e. The van der Waals surface area contributed by atoms with Crippen molar-refractivity contribution in [3.8, 4) is 0 Å². The number of ether oxygens (including phenoxy) is 2. The average Bonchev–Trinajstić information content (AvgIpc) is 2.54. The molecule has 0 aromatic heterocycles. The fourth-order valence-corrected chi connectivity index (χ4v) is 2.62. The van der Waals surface area contributed by atoms with Crippen LogP contribution in [-0.2, 0) is 15.9 Å². The van der Waals surface area contributed by atoms with E-state index < -0.39 is 11.9 Å². The second-order valence-electron chi connectivity index (χ2n) is 5.32. The van der Waals surface area contributed by atoms with Crippen LogP contribution in [0.2, 0.25) is 0 Å². The molecule has 0 atom stereocenters. The minimum Gasteiger partial charge on any atom is -0.462 e. The van der Waals surface area contributed by atoms with Crippen LogP contribution in [0.4, 0.5) is 0 Å². The number of hydrogen-bond acceptors (Lipinski definition) is 4. The summed E-state index contributed by atoms with van der Waals surface area (Å²) in [5.74, 6) is -0.952. The second-order valence-corrected chi connectivity index (χ2v) is 6.18. The Morgan fingerprint density at radius 1 is 0.913 bits per heavy atom. The highest BCUT2D eigenvalue weighted by Gasteiger charge is 2.21. The lowest BCUT2D eigenvalue weighted by atomic mass is 10.0. The molecule has 0 bridgehead atoms. The summed E-state index contributed by atoms with van der Waals surface area (Å²) in [6, 6.07) is 3.37. The SMILES string of the molecule is CCCCOC(=O)c1cc(Br)c(CC)cc1C(=O)OCCCC. The zero-order chi connectivity index (χ0) is 17.2. The molecule has 0 aliphatic heterocycles. The van der Waals surface area contributed by atoms with Crippen LogP contribution in [0.1, 0.15) is 72.7 Å². The van der Waals surface area contributed by atoms with E-state index >= 15 is 0 Å². The Morgan fingerprint density at radius 2 is 1.39 bits per heavy atom. The van der Waals surface area contributed by atoms with Gasteiger partial charge in [-0.15, -0.1) is 0 Å². The number of rotatable bonds is 9. The van der Waals surface area contributed by atoms with Gasteiger partial charge in [-0.3, -0.25) is 0 Å². The first kappa shape index (κ1) is 19.7. The van der Waals surface area contributed by atoms with Gasteiger partial charge in [-0.25, -0.2) is 9.59 Å². The number of hydrogen-bond donors (Lipinski definition) is 0. The number of benzene rings is 1. The van der Waals surface area contributed by atoms with E-state index in [1.807, 2.05) is 20.8 Å². The van der Waals surface area contributed by atoms with Crippen molar-refractivity contribution in [3.63, 3.8) is 0 Å². The highest BCUT2D eigenvalue weighted by Crippen LogP contribution is 2.24. The number of unbranched alkanes of at least 4 members (excludes halogenated alkanes) is 2. The molecular formula is C18H25BrO4. The van der Waals surface area contributed by atoms with E-state index in [0.29, 0.717) is 13.2 Å². The van der Waals surface area contributed by atoms with E-state index in [4.69, 9.17) is 9.47 Å². The van der Waals surface area contributed by atoms with E-state index in [1.165, 1.54) is 0 Å². The van der Waals surface area contributed by atoms with Crippen molar-refractivity contribution >= 4 is 27.9 Å². The summed E-state index contributed by atoms with van der Waals surface area (Å²) >= 11 is 3.44. The van der Waals surface area contributed by atoms with Gasteiger partial charge >= 0.3 is 11.9 Å². The van der Waals surface area contributed by atoms with Crippen molar-refractivity contribution < 1.29 is 19.1 Å². The fraction of sp³-hybridized carbons (Fsp3) is 0.556. The first-order valence-corrected chi connectivity index (χ1v) is 9.01. The van der Waals surface area contributed by atoms with Crippen LogP contribution in [0.5, 0.6) is 0 Å². The Labute approximate surface area is 146 Å². The summed E-state index contributed by atoms with van der Waals surface area (Å²) in [5, 5.41) is 0. The van der Waals surface area contributed by atoms with Crippen molar-refractivity contribution in [2.75, 3.05) is 13.2 Å². The molecule has 0 N–H and O–H groups in total. The number of esters is 2. The third kappa shape index (κ3) is 5.98. The van der Waals surface area contributed by atoms with Gasteiger partial charge < -0.3 is 9.47 Å². The summed E-state index contributed by atoms with van der Waals surface area (Å²) in [5.41, 5.74) is 1.49. The van der Waals surface area contributed by atoms with Crippen LogP contribution in [0.15, 0.2) is 16.6 Å². The molecule has 0 saturated heterocycles. The van der Waals surface area contributed by atoms with E-state index in [0.717, 1.165) is 42.1 Å². The van der Waals surface area contributed by atoms with Crippen LogP contribution in [0, 0.1) is 0 Å². The van der Waals surface area contributed by atoms with Crippen LogP contribution < -0.4 is 0 Å². The molecule has 128 valence electrons. The molecular weight excluding hydrogens is 360 g/mol. The molecule has 0 fully saturated rings. The first-order chi connectivity index (χ1) is 11.0. The summed E-state index contributed by atoms with van der Waals surface area (Å²) in [7, 11) is 0. The largest absolute Gasteiger partial charge is 0.462 e. The third-order valence-corrected chi connectivity index (χ3v) is 4.21. The van der Waals surface area contributed by atoms with Gasteiger partial charge in [0.2, 0.25) is 0 Å². The molecule has 0 aliphatic carbocycles. The van der Waals surface area contributed by atoms with Crippen molar-refractivity contribution in [1.29, 1.82) is 0 Å². The molecule has 1 rings (SSSR count). The zero-order valence-electron chi connectivity index (χ0n) is 14.1. The maximum absolute atomic E-state index is 12.3. The van der Waals surface area contributed by atoms with Gasteiger partial charge in [0.25, 0.3) is 0 Å². The molecule has 1 aromatic carbocycles. The molecule has 5 heteroatoms. The number of aryl methyl sites for hydroxylation is 1. The molecule has 1 aromatic rings. The maximum atomic E-state index is 12.3. The molecule has 0 saturated carbocycles. The third-order valence-electron chi connectivity index (χ3n) is 3.47. The molecule has 0 amide bonds. The highest BCUT2D eigenvalue weighted by molar-refractivity contribution is 9.10.